The molecule has 0 atom stereocenters. The van der Waals surface area contributed by atoms with Crippen LogP contribution in [0.2, 0.25) is 5.02 Å². The van der Waals surface area contributed by atoms with Gasteiger partial charge in [-0.05, 0) is 18.2 Å². The number of amidine groups is 1. The van der Waals surface area contributed by atoms with Crippen LogP contribution in [0, 0.1) is 0 Å². The van der Waals surface area contributed by atoms with E-state index in [1.807, 2.05) is 0 Å². The highest BCUT2D eigenvalue weighted by atomic mass is 35.5. The summed E-state index contributed by atoms with van der Waals surface area (Å²) in [6.07, 6.45) is 2.99. The number of aromatic nitrogens is 4. The highest BCUT2D eigenvalue weighted by molar-refractivity contribution is 7.99. The topological polar surface area (TPSA) is 113 Å². The summed E-state index contributed by atoms with van der Waals surface area (Å²) < 4.78 is 0. The first kappa shape index (κ1) is 13.7. The number of fused-ring (bicyclic) bond motifs is 1. The van der Waals surface area contributed by atoms with Crippen molar-refractivity contribution in [1.82, 2.24) is 19.9 Å². The molecule has 1 aromatic carbocycles. The maximum atomic E-state index is 8.88. The molecule has 106 valence electrons. The smallest absolute Gasteiger partial charge is 0.181 e. The highest BCUT2D eigenvalue weighted by Gasteiger charge is 2.13. The lowest BCUT2D eigenvalue weighted by molar-refractivity contribution is 0.318. The van der Waals surface area contributed by atoms with Gasteiger partial charge in [0, 0.05) is 15.5 Å². The van der Waals surface area contributed by atoms with Gasteiger partial charge < -0.3 is 15.9 Å². The van der Waals surface area contributed by atoms with Gasteiger partial charge in [-0.1, -0.05) is 28.5 Å². The molecule has 3 aromatic rings. The van der Waals surface area contributed by atoms with Crippen LogP contribution in [0.1, 0.15) is 5.56 Å². The van der Waals surface area contributed by atoms with Crippen LogP contribution in [0.15, 0.2) is 45.9 Å². The predicted molar refractivity (Wildman–Crippen MR) is 79.8 cm³/mol. The third kappa shape index (κ3) is 2.63. The van der Waals surface area contributed by atoms with Crippen molar-refractivity contribution in [2.75, 3.05) is 0 Å². The molecule has 0 unspecified atom stereocenters. The molecule has 9 heteroatoms. The third-order valence-electron chi connectivity index (χ3n) is 2.72. The fourth-order valence-electron chi connectivity index (χ4n) is 1.77. The summed E-state index contributed by atoms with van der Waals surface area (Å²) >= 11 is 7.30. The van der Waals surface area contributed by atoms with Crippen LogP contribution in [0.3, 0.4) is 0 Å². The minimum absolute atomic E-state index is 0.0186. The normalized spacial score (nSPS) is 12.0. The Morgan fingerprint density at radius 2 is 2.19 bits per heavy atom. The summed E-state index contributed by atoms with van der Waals surface area (Å²) in [6, 6.07) is 5.14. The molecule has 0 fully saturated rings. The van der Waals surface area contributed by atoms with Gasteiger partial charge in [-0.2, -0.15) is 0 Å². The Bertz CT molecular complexity index is 833. The number of hydrogen-bond acceptors (Lipinski definition) is 6. The van der Waals surface area contributed by atoms with Crippen molar-refractivity contribution in [1.29, 1.82) is 0 Å². The van der Waals surface area contributed by atoms with Crippen LogP contribution in [-0.4, -0.2) is 31.0 Å². The largest absolute Gasteiger partial charge is 0.409 e. The van der Waals surface area contributed by atoms with Gasteiger partial charge in [0.15, 0.2) is 11.5 Å². The van der Waals surface area contributed by atoms with Gasteiger partial charge in [-0.15, -0.1) is 0 Å². The number of benzene rings is 1. The van der Waals surface area contributed by atoms with E-state index in [4.69, 9.17) is 22.5 Å². The highest BCUT2D eigenvalue weighted by Crippen LogP contribution is 2.33. The number of nitrogens with two attached hydrogens (primary N) is 1. The molecule has 7 nitrogen and oxygen atoms in total. The van der Waals surface area contributed by atoms with Crippen molar-refractivity contribution in [3.05, 3.63) is 41.4 Å². The van der Waals surface area contributed by atoms with Crippen LogP contribution in [0.25, 0.3) is 11.2 Å². The summed E-state index contributed by atoms with van der Waals surface area (Å²) in [6.45, 7) is 0. The monoisotopic (exact) mass is 320 g/mol. The Labute approximate surface area is 128 Å². The summed E-state index contributed by atoms with van der Waals surface area (Å²) in [5, 5.41) is 13.1. The second-order valence-electron chi connectivity index (χ2n) is 4.01. The standard InChI is InChI=1S/C12H9ClN6OS/c13-6-1-2-8(7(3-6)10(14)19-20)21-12-9-11(16-4-15-9)17-5-18-12/h1-5,20H,(H2,14,19)(H,15,16,17,18). The zero-order chi connectivity index (χ0) is 14.8. The number of H-pyrrole nitrogens is 1. The van der Waals surface area contributed by atoms with Gasteiger partial charge in [-0.3, -0.25) is 0 Å². The van der Waals surface area contributed by atoms with E-state index in [-0.39, 0.29) is 5.84 Å². The van der Waals surface area contributed by atoms with Crippen molar-refractivity contribution < 1.29 is 5.21 Å². The van der Waals surface area contributed by atoms with E-state index >= 15 is 0 Å². The van der Waals surface area contributed by atoms with Crippen molar-refractivity contribution in [2.45, 2.75) is 9.92 Å². The van der Waals surface area contributed by atoms with Gasteiger partial charge >= 0.3 is 0 Å². The molecular weight excluding hydrogens is 312 g/mol. The lowest BCUT2D eigenvalue weighted by Crippen LogP contribution is -2.14. The first-order chi connectivity index (χ1) is 10.2. The van der Waals surface area contributed by atoms with Crippen LogP contribution in [0.5, 0.6) is 0 Å². The molecule has 0 radical (unpaired) electrons. The SMILES string of the molecule is NC(=NO)c1cc(Cl)ccc1Sc1ncnc2nc[nH]c12. The molecule has 0 saturated heterocycles. The average Bonchev–Trinajstić information content (AvgIpc) is 2.97. The molecule has 0 amide bonds. The number of hydrogen-bond donors (Lipinski definition) is 3. The molecule has 0 spiro atoms. The number of aromatic amines is 1. The van der Waals surface area contributed by atoms with Gasteiger partial charge in [0.2, 0.25) is 0 Å². The second kappa shape index (κ2) is 5.58. The number of nitrogens with zero attached hydrogens (tertiary/aromatic N) is 4. The lowest BCUT2D eigenvalue weighted by atomic mass is 10.2. The first-order valence-corrected chi connectivity index (χ1v) is 6.98. The molecule has 2 heterocycles. The Morgan fingerprint density at radius 3 is 3.00 bits per heavy atom. The van der Waals surface area contributed by atoms with Crippen molar-refractivity contribution in [2.24, 2.45) is 10.9 Å². The van der Waals surface area contributed by atoms with Crippen molar-refractivity contribution in [3.8, 4) is 0 Å². The molecule has 2 aromatic heterocycles. The average molecular weight is 321 g/mol. The van der Waals surface area contributed by atoms with Crippen LogP contribution in [-0.2, 0) is 0 Å². The second-order valence-corrected chi connectivity index (χ2v) is 5.47. The third-order valence-corrected chi connectivity index (χ3v) is 4.03. The summed E-state index contributed by atoms with van der Waals surface area (Å²) in [5.41, 5.74) is 7.52. The van der Waals surface area contributed by atoms with Gasteiger partial charge in [0.1, 0.15) is 16.9 Å². The number of nitrogens with one attached hydrogen (secondary N) is 1. The molecule has 21 heavy (non-hydrogen) atoms. The Kier molecular flexibility index (Phi) is 3.63. The summed E-state index contributed by atoms with van der Waals surface area (Å²) in [7, 11) is 0. The van der Waals surface area contributed by atoms with Gasteiger partial charge in [-0.25, -0.2) is 15.0 Å². The van der Waals surface area contributed by atoms with Crippen LogP contribution in [0.4, 0.5) is 0 Å². The summed E-state index contributed by atoms with van der Waals surface area (Å²) in [5.74, 6) is -0.0186. The van der Waals surface area contributed by atoms with E-state index in [0.717, 1.165) is 10.4 Å². The molecule has 0 aliphatic rings. The minimum Gasteiger partial charge on any atom is -0.409 e. The number of imidazole rings is 1. The van der Waals surface area contributed by atoms with Crippen LogP contribution < -0.4 is 5.73 Å². The zero-order valence-electron chi connectivity index (χ0n) is 10.5. The van der Waals surface area contributed by atoms with Gasteiger partial charge in [0.05, 0.1) is 6.33 Å². The molecule has 0 saturated carbocycles. The molecule has 4 N–H and O–H groups in total. The van der Waals surface area contributed by atoms with E-state index < -0.39 is 0 Å². The fourth-order valence-corrected chi connectivity index (χ4v) is 2.91. The molecular formula is C12H9ClN6OS. The predicted octanol–water partition coefficient (Wildman–Crippen LogP) is 2.25. The fraction of sp³-hybridized carbons (Fsp3) is 0. The maximum absolute atomic E-state index is 8.88. The van der Waals surface area contributed by atoms with Crippen molar-refractivity contribution >= 4 is 40.4 Å². The number of oxime groups is 1. The lowest BCUT2D eigenvalue weighted by Gasteiger charge is -2.08. The maximum Gasteiger partial charge on any atom is 0.181 e. The number of rotatable bonds is 3. The Hall–Kier alpha value is -2.32. The van der Waals surface area contributed by atoms with E-state index in [2.05, 4.69) is 25.1 Å². The molecule has 0 aliphatic carbocycles. The molecule has 0 aliphatic heterocycles. The van der Waals surface area contributed by atoms with Crippen molar-refractivity contribution in [3.63, 3.8) is 0 Å². The molecule has 0 bridgehead atoms. The minimum atomic E-state index is -0.0186. The van der Waals surface area contributed by atoms with E-state index in [1.165, 1.54) is 18.1 Å². The Morgan fingerprint density at radius 1 is 1.33 bits per heavy atom. The van der Waals surface area contributed by atoms with E-state index in [1.54, 1.807) is 24.5 Å². The van der Waals surface area contributed by atoms with E-state index in [9.17, 15) is 0 Å². The van der Waals surface area contributed by atoms with Crippen LogP contribution >= 0.6 is 23.4 Å². The van der Waals surface area contributed by atoms with Gasteiger partial charge in [0.25, 0.3) is 0 Å². The first-order valence-electron chi connectivity index (χ1n) is 5.78. The van der Waals surface area contributed by atoms with E-state index in [0.29, 0.717) is 21.3 Å². The molecule has 3 rings (SSSR count). The quantitative estimate of drug-likeness (QED) is 0.224. The Balaban J connectivity index is 2.08. The summed E-state index contributed by atoms with van der Waals surface area (Å²) in [4.78, 5) is 16.1. The zero-order valence-corrected chi connectivity index (χ0v) is 12.1. The number of halogens is 1.